The van der Waals surface area contributed by atoms with Gasteiger partial charge in [0.15, 0.2) is 0 Å². The van der Waals surface area contributed by atoms with Crippen LogP contribution in [0.5, 0.6) is 0 Å². The first-order valence-electron chi connectivity index (χ1n) is 6.97. The SMILES string of the molecule is N#Cc1ccc([C](c2ccccc2)c2ccc(Br)cc2)cc1. The largest absolute Gasteiger partial charge is 0.192 e. The Morgan fingerprint density at radius 1 is 0.682 bits per heavy atom. The summed E-state index contributed by atoms with van der Waals surface area (Å²) in [5, 5.41) is 8.97. The molecule has 0 aliphatic carbocycles. The molecule has 105 valence electrons. The highest BCUT2D eigenvalue weighted by Crippen LogP contribution is 2.31. The number of nitrogens with zero attached hydrogens (tertiary/aromatic N) is 1. The van der Waals surface area contributed by atoms with Gasteiger partial charge in [-0.15, -0.1) is 0 Å². The summed E-state index contributed by atoms with van der Waals surface area (Å²) in [5.74, 6) is 1.16. The minimum atomic E-state index is 0.673. The van der Waals surface area contributed by atoms with Crippen molar-refractivity contribution in [3.8, 4) is 6.07 Å². The topological polar surface area (TPSA) is 23.8 Å². The van der Waals surface area contributed by atoms with Crippen molar-refractivity contribution < 1.29 is 0 Å². The minimum absolute atomic E-state index is 0.673. The zero-order chi connectivity index (χ0) is 15.4. The Balaban J connectivity index is 2.10. The Labute approximate surface area is 139 Å². The monoisotopic (exact) mass is 346 g/mol. The van der Waals surface area contributed by atoms with Gasteiger partial charge in [0.2, 0.25) is 0 Å². The van der Waals surface area contributed by atoms with Gasteiger partial charge in [0.25, 0.3) is 0 Å². The van der Waals surface area contributed by atoms with Crippen LogP contribution in [0.1, 0.15) is 22.3 Å². The standard InChI is InChI=1S/C20H13BrN/c21-19-12-10-18(11-13-19)20(16-4-2-1-3-5-16)17-8-6-15(14-22)7-9-17/h1-13H. The molecular formula is C20H13BrN. The summed E-state index contributed by atoms with van der Waals surface area (Å²) in [7, 11) is 0. The number of halogens is 1. The van der Waals surface area contributed by atoms with Crippen LogP contribution < -0.4 is 0 Å². The van der Waals surface area contributed by atoms with Gasteiger partial charge in [-0.05, 0) is 41.0 Å². The lowest BCUT2D eigenvalue weighted by Gasteiger charge is -2.18. The first-order valence-corrected chi connectivity index (χ1v) is 7.76. The molecule has 0 saturated carbocycles. The van der Waals surface area contributed by atoms with Crippen LogP contribution in [0.3, 0.4) is 0 Å². The molecule has 0 atom stereocenters. The van der Waals surface area contributed by atoms with Gasteiger partial charge in [-0.1, -0.05) is 70.5 Å². The van der Waals surface area contributed by atoms with Crippen molar-refractivity contribution in [1.82, 2.24) is 0 Å². The van der Waals surface area contributed by atoms with E-state index < -0.39 is 0 Å². The van der Waals surface area contributed by atoms with E-state index in [-0.39, 0.29) is 0 Å². The molecular weight excluding hydrogens is 334 g/mol. The Morgan fingerprint density at radius 3 is 1.73 bits per heavy atom. The Bertz CT molecular complexity index is 784. The highest BCUT2D eigenvalue weighted by atomic mass is 79.9. The van der Waals surface area contributed by atoms with E-state index in [0.29, 0.717) is 5.56 Å². The van der Waals surface area contributed by atoms with Gasteiger partial charge in [-0.25, -0.2) is 0 Å². The second kappa shape index (κ2) is 6.60. The zero-order valence-electron chi connectivity index (χ0n) is 11.8. The lowest BCUT2D eigenvalue weighted by Crippen LogP contribution is -2.04. The average molecular weight is 347 g/mol. The summed E-state index contributed by atoms with van der Waals surface area (Å²) in [5.41, 5.74) is 4.09. The fourth-order valence-corrected chi connectivity index (χ4v) is 2.70. The van der Waals surface area contributed by atoms with Crippen LogP contribution in [0.15, 0.2) is 83.3 Å². The summed E-state index contributed by atoms with van der Waals surface area (Å²) < 4.78 is 1.06. The second-order valence-corrected chi connectivity index (χ2v) is 5.85. The number of hydrogen-bond acceptors (Lipinski definition) is 1. The molecule has 0 heterocycles. The third-order valence-corrected chi connectivity index (χ3v) is 4.03. The molecule has 0 unspecified atom stereocenters. The lowest BCUT2D eigenvalue weighted by atomic mass is 9.85. The van der Waals surface area contributed by atoms with Gasteiger partial charge in [0, 0.05) is 4.47 Å². The van der Waals surface area contributed by atoms with Gasteiger partial charge in [-0.2, -0.15) is 5.26 Å². The van der Waals surface area contributed by atoms with E-state index in [2.05, 4.69) is 46.3 Å². The van der Waals surface area contributed by atoms with Crippen molar-refractivity contribution in [1.29, 1.82) is 5.26 Å². The Hall–Kier alpha value is -2.37. The molecule has 3 aromatic carbocycles. The first-order chi connectivity index (χ1) is 10.8. The van der Waals surface area contributed by atoms with Crippen LogP contribution in [0.4, 0.5) is 0 Å². The quantitative estimate of drug-likeness (QED) is 0.587. The van der Waals surface area contributed by atoms with Crippen LogP contribution in [0, 0.1) is 17.2 Å². The van der Waals surface area contributed by atoms with Crippen molar-refractivity contribution in [2.45, 2.75) is 0 Å². The maximum Gasteiger partial charge on any atom is 0.0991 e. The Morgan fingerprint density at radius 2 is 1.18 bits per heavy atom. The maximum absolute atomic E-state index is 8.97. The van der Waals surface area contributed by atoms with E-state index in [1.165, 1.54) is 0 Å². The molecule has 0 aliphatic heterocycles. The van der Waals surface area contributed by atoms with Crippen LogP contribution in [-0.2, 0) is 0 Å². The van der Waals surface area contributed by atoms with Crippen LogP contribution in [0.25, 0.3) is 0 Å². The van der Waals surface area contributed by atoms with Crippen LogP contribution in [0.2, 0.25) is 0 Å². The maximum atomic E-state index is 8.97. The van der Waals surface area contributed by atoms with Crippen molar-refractivity contribution >= 4 is 15.9 Å². The molecule has 2 heteroatoms. The van der Waals surface area contributed by atoms with Gasteiger partial charge < -0.3 is 0 Å². The fourth-order valence-electron chi connectivity index (χ4n) is 2.43. The molecule has 0 aromatic heterocycles. The van der Waals surface area contributed by atoms with E-state index in [0.717, 1.165) is 27.1 Å². The number of nitriles is 1. The summed E-state index contributed by atoms with van der Waals surface area (Å²) in [6.45, 7) is 0. The van der Waals surface area contributed by atoms with E-state index in [1.54, 1.807) is 0 Å². The molecule has 0 fully saturated rings. The van der Waals surface area contributed by atoms with Gasteiger partial charge >= 0.3 is 0 Å². The third-order valence-electron chi connectivity index (χ3n) is 3.50. The Kier molecular flexibility index (Phi) is 4.37. The van der Waals surface area contributed by atoms with Crippen LogP contribution in [-0.4, -0.2) is 0 Å². The predicted molar refractivity (Wildman–Crippen MR) is 92.3 cm³/mol. The zero-order valence-corrected chi connectivity index (χ0v) is 13.4. The molecule has 0 saturated heterocycles. The molecule has 3 rings (SSSR count). The molecule has 0 amide bonds. The summed E-state index contributed by atoms with van der Waals surface area (Å²) in [6.07, 6.45) is 0. The van der Waals surface area contributed by atoms with E-state index in [4.69, 9.17) is 5.26 Å². The number of rotatable bonds is 3. The first kappa shape index (κ1) is 14.6. The highest BCUT2D eigenvalue weighted by Gasteiger charge is 2.17. The fraction of sp³-hybridized carbons (Fsp3) is 0. The third kappa shape index (κ3) is 3.10. The minimum Gasteiger partial charge on any atom is -0.192 e. The van der Waals surface area contributed by atoms with Crippen molar-refractivity contribution in [2.24, 2.45) is 0 Å². The van der Waals surface area contributed by atoms with Gasteiger partial charge in [-0.3, -0.25) is 0 Å². The van der Waals surface area contributed by atoms with E-state index in [9.17, 15) is 0 Å². The summed E-state index contributed by atoms with van der Waals surface area (Å²) in [6, 6.07) is 28.5. The summed E-state index contributed by atoms with van der Waals surface area (Å²) in [4.78, 5) is 0. The molecule has 0 aliphatic rings. The molecule has 0 bridgehead atoms. The predicted octanol–water partition coefficient (Wildman–Crippen LogP) is 5.34. The molecule has 0 spiro atoms. The molecule has 0 N–H and O–H groups in total. The number of benzene rings is 3. The van der Waals surface area contributed by atoms with Gasteiger partial charge in [0.05, 0.1) is 17.6 Å². The van der Waals surface area contributed by atoms with Gasteiger partial charge in [0.1, 0.15) is 0 Å². The lowest BCUT2D eigenvalue weighted by molar-refractivity contribution is 1.22. The van der Waals surface area contributed by atoms with Crippen molar-refractivity contribution in [3.05, 3.63) is 112 Å². The smallest absolute Gasteiger partial charge is 0.0991 e. The molecule has 1 nitrogen and oxygen atoms in total. The molecule has 1 radical (unpaired) electrons. The molecule has 22 heavy (non-hydrogen) atoms. The highest BCUT2D eigenvalue weighted by molar-refractivity contribution is 9.10. The van der Waals surface area contributed by atoms with Crippen LogP contribution >= 0.6 is 15.9 Å². The number of hydrogen-bond donors (Lipinski definition) is 0. The average Bonchev–Trinajstić information content (AvgIpc) is 2.58. The second-order valence-electron chi connectivity index (χ2n) is 4.94. The molecule has 3 aromatic rings. The van der Waals surface area contributed by atoms with Crippen molar-refractivity contribution in [3.63, 3.8) is 0 Å². The normalized spacial score (nSPS) is 10.4. The summed E-state index contributed by atoms with van der Waals surface area (Å²) >= 11 is 3.48. The van der Waals surface area contributed by atoms with E-state index >= 15 is 0 Å². The van der Waals surface area contributed by atoms with E-state index in [1.807, 2.05) is 54.6 Å². The van der Waals surface area contributed by atoms with Crippen molar-refractivity contribution in [2.75, 3.05) is 0 Å².